The van der Waals surface area contributed by atoms with Gasteiger partial charge in [0, 0.05) is 21.1 Å². The first kappa shape index (κ1) is 19.9. The molecule has 0 fully saturated rings. The minimum Gasteiger partial charge on any atom is -0.291 e. The summed E-state index contributed by atoms with van der Waals surface area (Å²) in [6.07, 6.45) is 6.86. The molecular formula is C12H20N4O4Pt. The first-order valence-electron chi connectivity index (χ1n) is 6.67. The van der Waals surface area contributed by atoms with Crippen LogP contribution in [-0.2, 0) is 21.1 Å². The van der Waals surface area contributed by atoms with Gasteiger partial charge in [0.05, 0.1) is 11.4 Å². The second-order valence-electron chi connectivity index (χ2n) is 4.67. The summed E-state index contributed by atoms with van der Waals surface area (Å²) in [5, 5.41) is 22.6. The van der Waals surface area contributed by atoms with Gasteiger partial charge in [0.1, 0.15) is 11.4 Å². The van der Waals surface area contributed by atoms with Gasteiger partial charge in [-0.25, -0.2) is 0 Å². The summed E-state index contributed by atoms with van der Waals surface area (Å²) in [5.74, 6) is 0. The van der Waals surface area contributed by atoms with Crippen LogP contribution in [0.1, 0.15) is 51.4 Å². The number of nitrogens with zero attached hydrogens (tertiary/aromatic N) is 2. The molecule has 0 atom stereocenters. The fraction of sp³-hybridized carbons (Fsp3) is 0.667. The van der Waals surface area contributed by atoms with Gasteiger partial charge in [0.2, 0.25) is 0 Å². The number of allylic oxidation sites excluding steroid dienone is 4. The maximum absolute atomic E-state index is 10.1. The standard InChI is InChI=1S/2C6H10N2O2.Pt/c2*9-7-5-3-1-2-4-6(5)8-10;/h2*7,9H,1-4H2;. The van der Waals surface area contributed by atoms with Gasteiger partial charge >= 0.3 is 0 Å². The number of hydrogen-bond acceptors (Lipinski definition) is 8. The Kier molecular flexibility index (Phi) is 10.9. The van der Waals surface area contributed by atoms with Crippen molar-refractivity contribution in [2.24, 2.45) is 10.4 Å². The van der Waals surface area contributed by atoms with Crippen LogP contribution in [0.3, 0.4) is 0 Å². The van der Waals surface area contributed by atoms with E-state index in [-0.39, 0.29) is 21.1 Å². The SMILES string of the molecule is O=NC1=C(NO)CCCC1.O=NC1=C(NO)CCCC1.[Pt]. The Bertz CT molecular complexity index is 374. The second-order valence-corrected chi connectivity index (χ2v) is 4.67. The van der Waals surface area contributed by atoms with Crippen LogP contribution >= 0.6 is 0 Å². The zero-order valence-corrected chi connectivity index (χ0v) is 13.9. The summed E-state index contributed by atoms with van der Waals surface area (Å²) < 4.78 is 0. The van der Waals surface area contributed by atoms with E-state index < -0.39 is 0 Å². The van der Waals surface area contributed by atoms with Gasteiger partial charge < -0.3 is 0 Å². The van der Waals surface area contributed by atoms with Crippen molar-refractivity contribution in [3.05, 3.63) is 32.6 Å². The fourth-order valence-electron chi connectivity index (χ4n) is 2.22. The number of hydrogen-bond donors (Lipinski definition) is 4. The summed E-state index contributed by atoms with van der Waals surface area (Å²) in [5.41, 5.74) is 6.08. The summed E-state index contributed by atoms with van der Waals surface area (Å²) >= 11 is 0. The largest absolute Gasteiger partial charge is 0.291 e. The van der Waals surface area contributed by atoms with Crippen molar-refractivity contribution in [2.45, 2.75) is 51.4 Å². The normalized spacial score (nSPS) is 18.0. The smallest absolute Gasteiger partial charge is 0.106 e. The van der Waals surface area contributed by atoms with Gasteiger partial charge in [-0.05, 0) is 61.7 Å². The molecule has 0 radical (unpaired) electrons. The molecule has 2 rings (SSSR count). The van der Waals surface area contributed by atoms with E-state index in [1.165, 1.54) is 0 Å². The first-order valence-corrected chi connectivity index (χ1v) is 6.67. The summed E-state index contributed by atoms with van der Waals surface area (Å²) in [7, 11) is 0. The molecule has 0 spiro atoms. The van der Waals surface area contributed by atoms with Crippen LogP contribution in [0.25, 0.3) is 0 Å². The minimum absolute atomic E-state index is 0. The minimum atomic E-state index is 0. The Morgan fingerprint density at radius 1 is 0.714 bits per heavy atom. The average Bonchev–Trinajstić information content (AvgIpc) is 2.55. The predicted molar refractivity (Wildman–Crippen MR) is 72.4 cm³/mol. The number of nitroso groups, excluding NO2 is 2. The maximum atomic E-state index is 10.1. The Labute approximate surface area is 137 Å². The van der Waals surface area contributed by atoms with E-state index in [1.807, 2.05) is 11.0 Å². The van der Waals surface area contributed by atoms with Crippen LogP contribution in [0.15, 0.2) is 33.1 Å². The van der Waals surface area contributed by atoms with Crippen molar-refractivity contribution in [3.8, 4) is 0 Å². The molecule has 21 heavy (non-hydrogen) atoms. The molecule has 2 aliphatic rings. The molecule has 9 heteroatoms. The molecule has 4 N–H and O–H groups in total. The van der Waals surface area contributed by atoms with Crippen LogP contribution in [0.5, 0.6) is 0 Å². The van der Waals surface area contributed by atoms with Gasteiger partial charge in [0.15, 0.2) is 0 Å². The van der Waals surface area contributed by atoms with Crippen molar-refractivity contribution in [1.82, 2.24) is 11.0 Å². The van der Waals surface area contributed by atoms with Gasteiger partial charge in [-0.3, -0.25) is 21.4 Å². The monoisotopic (exact) mass is 479 g/mol. The van der Waals surface area contributed by atoms with Crippen molar-refractivity contribution < 1.29 is 31.5 Å². The zero-order valence-electron chi connectivity index (χ0n) is 11.6. The van der Waals surface area contributed by atoms with Crippen molar-refractivity contribution in [3.63, 3.8) is 0 Å². The molecule has 0 amide bonds. The molecule has 8 nitrogen and oxygen atoms in total. The Morgan fingerprint density at radius 2 is 1.05 bits per heavy atom. The average molecular weight is 479 g/mol. The molecule has 0 aromatic rings. The Hall–Kier alpha value is -1.11. The van der Waals surface area contributed by atoms with E-state index in [9.17, 15) is 9.81 Å². The molecule has 0 aliphatic heterocycles. The van der Waals surface area contributed by atoms with E-state index in [4.69, 9.17) is 10.4 Å². The van der Waals surface area contributed by atoms with E-state index in [1.54, 1.807) is 0 Å². The predicted octanol–water partition coefficient (Wildman–Crippen LogP) is 3.03. The molecule has 0 aromatic heterocycles. The van der Waals surface area contributed by atoms with Crippen molar-refractivity contribution in [2.75, 3.05) is 0 Å². The molecule has 122 valence electrons. The number of rotatable bonds is 4. The van der Waals surface area contributed by atoms with Crippen LogP contribution < -0.4 is 11.0 Å². The molecule has 0 aromatic carbocycles. The third-order valence-electron chi connectivity index (χ3n) is 3.37. The second kappa shape index (κ2) is 11.5. The summed E-state index contributed by atoms with van der Waals surface area (Å²) in [6, 6.07) is 0. The molecular weight excluding hydrogens is 459 g/mol. The summed E-state index contributed by atoms with van der Waals surface area (Å²) in [6.45, 7) is 0. The first-order chi connectivity index (χ1) is 9.76. The third kappa shape index (κ3) is 6.46. The Morgan fingerprint density at radius 3 is 1.29 bits per heavy atom. The van der Waals surface area contributed by atoms with Gasteiger partial charge in [-0.15, -0.1) is 9.81 Å². The van der Waals surface area contributed by atoms with Gasteiger partial charge in [0.25, 0.3) is 0 Å². The fourth-order valence-corrected chi connectivity index (χ4v) is 2.22. The van der Waals surface area contributed by atoms with E-state index in [0.29, 0.717) is 35.6 Å². The molecule has 0 saturated carbocycles. The van der Waals surface area contributed by atoms with Crippen LogP contribution in [0.2, 0.25) is 0 Å². The van der Waals surface area contributed by atoms with E-state index >= 15 is 0 Å². The molecule has 2 aliphatic carbocycles. The molecule has 0 bridgehead atoms. The van der Waals surface area contributed by atoms with Crippen molar-refractivity contribution >= 4 is 0 Å². The molecule has 0 unspecified atom stereocenters. The zero-order chi connectivity index (χ0) is 14.8. The number of hydroxylamine groups is 2. The van der Waals surface area contributed by atoms with Gasteiger partial charge in [-0.2, -0.15) is 0 Å². The summed E-state index contributed by atoms with van der Waals surface area (Å²) in [4.78, 5) is 20.1. The quantitative estimate of drug-likeness (QED) is 0.363. The van der Waals surface area contributed by atoms with Crippen molar-refractivity contribution in [1.29, 1.82) is 0 Å². The van der Waals surface area contributed by atoms with Gasteiger partial charge in [-0.1, -0.05) is 0 Å². The third-order valence-corrected chi connectivity index (χ3v) is 3.37. The van der Waals surface area contributed by atoms with E-state index in [0.717, 1.165) is 38.5 Å². The topological polar surface area (TPSA) is 123 Å². The van der Waals surface area contributed by atoms with Crippen LogP contribution in [0, 0.1) is 9.81 Å². The van der Waals surface area contributed by atoms with Crippen LogP contribution in [-0.4, -0.2) is 10.4 Å². The molecule has 0 heterocycles. The Balaban J connectivity index is 0.000000364. The van der Waals surface area contributed by atoms with Crippen LogP contribution in [0.4, 0.5) is 0 Å². The van der Waals surface area contributed by atoms with E-state index in [2.05, 4.69) is 10.4 Å². The number of nitrogens with one attached hydrogen (secondary N) is 2. The molecule has 0 saturated heterocycles. The maximum Gasteiger partial charge on any atom is 0.106 e.